The molecule has 2 rings (SSSR count). The zero-order valence-corrected chi connectivity index (χ0v) is 12.5. The lowest BCUT2D eigenvalue weighted by Crippen LogP contribution is -2.37. The summed E-state index contributed by atoms with van der Waals surface area (Å²) >= 11 is 0. The molecule has 124 valence electrons. The summed E-state index contributed by atoms with van der Waals surface area (Å²) in [4.78, 5) is 29.4. The third kappa shape index (κ3) is 3.66. The maximum absolute atomic E-state index is 12.1. The van der Waals surface area contributed by atoms with Gasteiger partial charge in [0, 0.05) is 25.1 Å². The van der Waals surface area contributed by atoms with Crippen molar-refractivity contribution in [1.29, 1.82) is 0 Å². The van der Waals surface area contributed by atoms with Gasteiger partial charge in [-0.1, -0.05) is 5.11 Å². The van der Waals surface area contributed by atoms with Gasteiger partial charge in [0.2, 0.25) is 5.91 Å². The molecule has 2 N–H and O–H groups in total. The minimum atomic E-state index is -1.07. The van der Waals surface area contributed by atoms with E-state index in [9.17, 15) is 14.7 Å². The monoisotopic (exact) mass is 324 g/mol. The van der Waals surface area contributed by atoms with Crippen molar-refractivity contribution in [3.8, 4) is 0 Å². The fraction of sp³-hybridized carbons (Fsp3) is 0.583. The fourth-order valence-electron chi connectivity index (χ4n) is 2.32. The summed E-state index contributed by atoms with van der Waals surface area (Å²) in [5.74, 6) is -0.247. The molecule has 1 amide bonds. The molecule has 1 aromatic heterocycles. The number of aliphatic hydroxyl groups excluding tert-OH is 1. The van der Waals surface area contributed by atoms with Crippen LogP contribution >= 0.6 is 0 Å². The van der Waals surface area contributed by atoms with Crippen molar-refractivity contribution in [2.24, 2.45) is 5.11 Å². The van der Waals surface area contributed by atoms with Crippen molar-refractivity contribution in [3.63, 3.8) is 0 Å². The molecule has 11 nitrogen and oxygen atoms in total. The van der Waals surface area contributed by atoms with Gasteiger partial charge in [0.1, 0.15) is 18.0 Å². The number of nitrogens with one attached hydrogen (secondary N) is 1. The lowest BCUT2D eigenvalue weighted by Gasteiger charge is -2.20. The number of carbonyl (C=O) groups is 1. The molecule has 1 saturated heterocycles. The smallest absolute Gasteiger partial charge is 0.351 e. The van der Waals surface area contributed by atoms with Crippen LogP contribution in [-0.2, 0) is 14.3 Å². The van der Waals surface area contributed by atoms with Gasteiger partial charge in [0.25, 0.3) is 0 Å². The van der Waals surface area contributed by atoms with Crippen molar-refractivity contribution in [2.75, 3.05) is 19.0 Å². The Morgan fingerprint density at radius 3 is 3.00 bits per heavy atom. The molecule has 2 heterocycles. The minimum Gasteiger partial charge on any atom is -0.388 e. The van der Waals surface area contributed by atoms with Gasteiger partial charge in [-0.3, -0.25) is 9.36 Å². The average Bonchev–Trinajstić information content (AvgIpc) is 2.80. The van der Waals surface area contributed by atoms with Gasteiger partial charge >= 0.3 is 5.69 Å². The summed E-state index contributed by atoms with van der Waals surface area (Å²) in [5.41, 5.74) is 7.68. The number of rotatable bonds is 5. The molecule has 0 radical (unpaired) electrons. The topological polar surface area (TPSA) is 151 Å². The Labute approximate surface area is 130 Å². The van der Waals surface area contributed by atoms with Gasteiger partial charge in [-0.15, -0.1) is 0 Å². The second kappa shape index (κ2) is 7.20. The molecule has 11 heteroatoms. The van der Waals surface area contributed by atoms with Crippen molar-refractivity contribution < 1.29 is 19.4 Å². The number of hydrogen-bond acceptors (Lipinski definition) is 7. The van der Waals surface area contributed by atoms with E-state index in [2.05, 4.69) is 20.3 Å². The SMILES string of the molecule is CO[C@@H]1[C@H](O)[C@@H](CN=[N+]=[N-])O[C@H]1n1ccc(NC(C)=O)nc1=O. The highest BCUT2D eigenvalue weighted by molar-refractivity contribution is 5.87. The maximum atomic E-state index is 12.1. The highest BCUT2D eigenvalue weighted by atomic mass is 16.6. The first-order chi connectivity index (χ1) is 11.0. The van der Waals surface area contributed by atoms with E-state index >= 15 is 0 Å². The predicted octanol–water partition coefficient (Wildman–Crippen LogP) is -0.215. The van der Waals surface area contributed by atoms with Crippen LogP contribution in [0.1, 0.15) is 13.2 Å². The molecular weight excluding hydrogens is 308 g/mol. The zero-order chi connectivity index (χ0) is 17.0. The van der Waals surface area contributed by atoms with Crippen LogP contribution in [0.2, 0.25) is 0 Å². The normalized spacial score (nSPS) is 26.6. The van der Waals surface area contributed by atoms with Crippen molar-refractivity contribution in [3.05, 3.63) is 33.2 Å². The molecule has 1 aromatic rings. The van der Waals surface area contributed by atoms with Crippen LogP contribution in [0.4, 0.5) is 5.82 Å². The summed E-state index contributed by atoms with van der Waals surface area (Å²) in [6, 6.07) is 1.42. The number of hydrogen-bond donors (Lipinski definition) is 2. The average molecular weight is 324 g/mol. The van der Waals surface area contributed by atoms with Crippen LogP contribution in [-0.4, -0.2) is 52.5 Å². The molecule has 23 heavy (non-hydrogen) atoms. The number of aliphatic hydroxyl groups is 1. The van der Waals surface area contributed by atoms with Crippen LogP contribution in [0, 0.1) is 0 Å². The summed E-state index contributed by atoms with van der Waals surface area (Å²) in [6.45, 7) is 1.20. The summed E-state index contributed by atoms with van der Waals surface area (Å²) in [6.07, 6.45) is -2.26. The molecule has 1 fully saturated rings. The number of azide groups is 1. The lowest BCUT2D eigenvalue weighted by atomic mass is 10.1. The predicted molar refractivity (Wildman–Crippen MR) is 77.5 cm³/mol. The summed E-state index contributed by atoms with van der Waals surface area (Å²) in [5, 5.41) is 15.9. The maximum Gasteiger partial charge on any atom is 0.351 e. The van der Waals surface area contributed by atoms with E-state index in [4.69, 9.17) is 15.0 Å². The van der Waals surface area contributed by atoms with E-state index in [1.54, 1.807) is 0 Å². The van der Waals surface area contributed by atoms with Gasteiger partial charge in [0.15, 0.2) is 6.23 Å². The Morgan fingerprint density at radius 1 is 1.70 bits per heavy atom. The molecule has 0 aliphatic carbocycles. The first-order valence-electron chi connectivity index (χ1n) is 6.72. The van der Waals surface area contributed by atoms with E-state index in [-0.39, 0.29) is 18.3 Å². The third-order valence-electron chi connectivity index (χ3n) is 3.32. The molecule has 0 bridgehead atoms. The van der Waals surface area contributed by atoms with Crippen LogP contribution in [0.3, 0.4) is 0 Å². The summed E-state index contributed by atoms with van der Waals surface area (Å²) in [7, 11) is 1.37. The highest BCUT2D eigenvalue weighted by Gasteiger charge is 2.45. The fourth-order valence-corrected chi connectivity index (χ4v) is 2.32. The third-order valence-corrected chi connectivity index (χ3v) is 3.32. The Hall–Kier alpha value is -2.46. The Morgan fingerprint density at radius 2 is 2.43 bits per heavy atom. The van der Waals surface area contributed by atoms with Gasteiger partial charge in [-0.25, -0.2) is 4.79 Å². The van der Waals surface area contributed by atoms with Crippen molar-refractivity contribution in [1.82, 2.24) is 9.55 Å². The van der Waals surface area contributed by atoms with E-state index in [1.165, 1.54) is 26.3 Å². The molecule has 0 saturated carbocycles. The van der Waals surface area contributed by atoms with E-state index < -0.39 is 30.2 Å². The van der Waals surface area contributed by atoms with Gasteiger partial charge in [0.05, 0.1) is 12.6 Å². The number of carbonyl (C=O) groups excluding carboxylic acids is 1. The number of aromatic nitrogens is 2. The molecule has 4 atom stereocenters. The summed E-state index contributed by atoms with van der Waals surface area (Å²) < 4.78 is 11.9. The number of methoxy groups -OCH3 is 1. The molecule has 0 spiro atoms. The Balaban J connectivity index is 2.27. The first-order valence-corrected chi connectivity index (χ1v) is 6.72. The lowest BCUT2D eigenvalue weighted by molar-refractivity contribution is -0.114. The second-order valence-corrected chi connectivity index (χ2v) is 4.85. The largest absolute Gasteiger partial charge is 0.388 e. The molecule has 0 unspecified atom stereocenters. The van der Waals surface area contributed by atoms with Crippen molar-refractivity contribution in [2.45, 2.75) is 31.5 Å². The van der Waals surface area contributed by atoms with Crippen LogP contribution in [0.25, 0.3) is 10.4 Å². The molecular formula is C12H16N6O5. The zero-order valence-electron chi connectivity index (χ0n) is 12.5. The van der Waals surface area contributed by atoms with E-state index in [1.807, 2.05) is 0 Å². The molecule has 0 aromatic carbocycles. The van der Waals surface area contributed by atoms with E-state index in [0.29, 0.717) is 0 Å². The number of amides is 1. The first kappa shape index (κ1) is 16.9. The second-order valence-electron chi connectivity index (χ2n) is 4.85. The van der Waals surface area contributed by atoms with Crippen LogP contribution in [0.15, 0.2) is 22.2 Å². The highest BCUT2D eigenvalue weighted by Crippen LogP contribution is 2.30. The van der Waals surface area contributed by atoms with Crippen LogP contribution < -0.4 is 11.0 Å². The van der Waals surface area contributed by atoms with Crippen LogP contribution in [0.5, 0.6) is 0 Å². The van der Waals surface area contributed by atoms with Crippen molar-refractivity contribution >= 4 is 11.7 Å². The minimum absolute atomic E-state index is 0.0970. The number of ether oxygens (including phenoxy) is 2. The van der Waals surface area contributed by atoms with Gasteiger partial charge in [-0.05, 0) is 11.6 Å². The Bertz CT molecular complexity index is 685. The molecule has 1 aliphatic rings. The quantitative estimate of drug-likeness (QED) is 0.434. The van der Waals surface area contributed by atoms with Gasteiger partial charge < -0.3 is 19.9 Å². The van der Waals surface area contributed by atoms with Gasteiger partial charge in [-0.2, -0.15) is 4.98 Å². The number of anilines is 1. The standard InChI is InChI=1S/C12H16N6O5/c1-6(19)15-8-3-4-18(12(21)16-8)11-10(22-2)9(20)7(23-11)5-14-17-13/h3-4,7,9-11,20H,5H2,1-2H3,(H,15,16,19,21)/t7-,9-,10-,11-/m1/s1. The molecule has 1 aliphatic heterocycles. The number of nitrogens with zero attached hydrogens (tertiary/aromatic N) is 5. The van der Waals surface area contributed by atoms with E-state index in [0.717, 1.165) is 4.57 Å². The Kier molecular flexibility index (Phi) is 5.29.